The summed E-state index contributed by atoms with van der Waals surface area (Å²) in [4.78, 5) is 21.7. The Hall–Kier alpha value is -2.47. The van der Waals surface area contributed by atoms with Crippen molar-refractivity contribution in [3.05, 3.63) is 52.7 Å². The van der Waals surface area contributed by atoms with Crippen LogP contribution >= 0.6 is 11.3 Å². The van der Waals surface area contributed by atoms with Crippen LogP contribution in [0.4, 0.5) is 5.82 Å². The van der Waals surface area contributed by atoms with Crippen LogP contribution in [-0.4, -0.2) is 21.0 Å². The monoisotopic (exact) mass is 313 g/mol. The zero-order valence-corrected chi connectivity index (χ0v) is 12.9. The summed E-state index contributed by atoms with van der Waals surface area (Å²) in [7, 11) is 0. The average Bonchev–Trinajstić information content (AvgIpc) is 2.97. The van der Waals surface area contributed by atoms with Gasteiger partial charge in [-0.25, -0.2) is 14.8 Å². The summed E-state index contributed by atoms with van der Waals surface area (Å²) in [5.74, 6) is -0.106. The molecule has 0 bridgehead atoms. The number of fused-ring (bicyclic) bond motifs is 1. The first-order chi connectivity index (χ1) is 10.7. The maximum absolute atomic E-state index is 10.8. The number of aromatic nitrogens is 2. The Morgan fingerprint density at radius 3 is 2.73 bits per heavy atom. The fourth-order valence-corrected chi connectivity index (χ4v) is 3.11. The lowest BCUT2D eigenvalue weighted by Crippen LogP contribution is -2.03. The van der Waals surface area contributed by atoms with Crippen molar-refractivity contribution in [2.75, 3.05) is 5.32 Å². The van der Waals surface area contributed by atoms with E-state index in [1.165, 1.54) is 4.88 Å². The van der Waals surface area contributed by atoms with Crippen molar-refractivity contribution in [2.45, 2.75) is 19.9 Å². The van der Waals surface area contributed by atoms with Gasteiger partial charge in [-0.2, -0.15) is 0 Å². The number of hydrogen-bond acceptors (Lipinski definition) is 5. The van der Waals surface area contributed by atoms with Crippen molar-refractivity contribution in [3.63, 3.8) is 0 Å². The lowest BCUT2D eigenvalue weighted by atomic mass is 10.1. The highest BCUT2D eigenvalue weighted by Gasteiger charge is 2.08. The second-order valence-corrected chi connectivity index (χ2v) is 5.98. The van der Waals surface area contributed by atoms with Gasteiger partial charge >= 0.3 is 5.97 Å². The second kappa shape index (κ2) is 6.11. The van der Waals surface area contributed by atoms with Gasteiger partial charge in [-0.15, -0.1) is 11.3 Å². The highest BCUT2D eigenvalue weighted by Crippen LogP contribution is 2.28. The van der Waals surface area contributed by atoms with Crippen molar-refractivity contribution >= 4 is 33.3 Å². The normalized spacial score (nSPS) is 10.8. The molecule has 0 atom stereocenters. The van der Waals surface area contributed by atoms with Crippen molar-refractivity contribution in [1.29, 1.82) is 0 Å². The summed E-state index contributed by atoms with van der Waals surface area (Å²) >= 11 is 1.68. The van der Waals surface area contributed by atoms with Crippen LogP contribution in [-0.2, 0) is 13.0 Å². The summed E-state index contributed by atoms with van der Waals surface area (Å²) < 4.78 is 0. The molecule has 5 nitrogen and oxygen atoms in total. The van der Waals surface area contributed by atoms with Crippen LogP contribution in [0.15, 0.2) is 36.7 Å². The zero-order chi connectivity index (χ0) is 15.5. The van der Waals surface area contributed by atoms with Crippen LogP contribution in [0.3, 0.4) is 0 Å². The molecule has 3 rings (SSSR count). The van der Waals surface area contributed by atoms with Gasteiger partial charge in [-0.05, 0) is 30.2 Å². The summed E-state index contributed by atoms with van der Waals surface area (Å²) in [6.45, 7) is 2.71. The quantitative estimate of drug-likeness (QED) is 0.753. The molecule has 1 aromatic carbocycles. The molecule has 0 radical (unpaired) electrons. The number of carbonyl (C=O) groups is 1. The van der Waals surface area contributed by atoms with Crippen molar-refractivity contribution < 1.29 is 9.90 Å². The largest absolute Gasteiger partial charge is 0.478 e. The Balaban J connectivity index is 1.78. The number of rotatable bonds is 5. The second-order valence-electron chi connectivity index (χ2n) is 4.86. The number of thiophene rings is 1. The Labute approximate surface area is 131 Å². The zero-order valence-electron chi connectivity index (χ0n) is 12.0. The standard InChI is InChI=1S/C16H15N3O2S/c1-2-12-7-13-14(18-9-19-15(13)22-12)17-8-10-3-5-11(6-4-10)16(20)21/h3-7,9H,2,8H2,1H3,(H,20,21)(H,17,18,19). The smallest absolute Gasteiger partial charge is 0.335 e. The Morgan fingerprint density at radius 2 is 2.05 bits per heavy atom. The molecular formula is C16H15N3O2S. The predicted molar refractivity (Wildman–Crippen MR) is 87.5 cm³/mol. The van der Waals surface area contributed by atoms with Gasteiger partial charge in [0, 0.05) is 11.4 Å². The van der Waals surface area contributed by atoms with E-state index in [1.807, 2.05) is 0 Å². The molecule has 112 valence electrons. The van der Waals surface area contributed by atoms with E-state index in [-0.39, 0.29) is 0 Å². The van der Waals surface area contributed by atoms with Gasteiger partial charge in [-0.3, -0.25) is 0 Å². The molecule has 22 heavy (non-hydrogen) atoms. The van der Waals surface area contributed by atoms with E-state index >= 15 is 0 Å². The molecule has 6 heteroatoms. The Morgan fingerprint density at radius 1 is 1.27 bits per heavy atom. The van der Waals surface area contributed by atoms with Crippen LogP contribution in [0.1, 0.15) is 27.7 Å². The van der Waals surface area contributed by atoms with Gasteiger partial charge in [0.2, 0.25) is 0 Å². The topological polar surface area (TPSA) is 75.1 Å². The molecular weight excluding hydrogens is 298 g/mol. The summed E-state index contributed by atoms with van der Waals surface area (Å²) in [6, 6.07) is 8.94. The van der Waals surface area contributed by atoms with Crippen LogP contribution in [0, 0.1) is 0 Å². The van der Waals surface area contributed by atoms with E-state index < -0.39 is 5.97 Å². The number of anilines is 1. The first kappa shape index (κ1) is 14.5. The highest BCUT2D eigenvalue weighted by atomic mass is 32.1. The van der Waals surface area contributed by atoms with Crippen molar-refractivity contribution in [3.8, 4) is 0 Å². The fraction of sp³-hybridized carbons (Fsp3) is 0.188. The van der Waals surface area contributed by atoms with E-state index in [2.05, 4.69) is 28.3 Å². The molecule has 0 saturated heterocycles. The molecule has 0 unspecified atom stereocenters. The Bertz CT molecular complexity index is 812. The molecule has 2 heterocycles. The van der Waals surface area contributed by atoms with Crippen LogP contribution in [0.2, 0.25) is 0 Å². The Kier molecular flexibility index (Phi) is 4.02. The fourth-order valence-electron chi connectivity index (χ4n) is 2.17. The minimum Gasteiger partial charge on any atom is -0.478 e. The van der Waals surface area contributed by atoms with Gasteiger partial charge in [0.05, 0.1) is 10.9 Å². The molecule has 0 saturated carbocycles. The number of nitrogens with zero attached hydrogens (tertiary/aromatic N) is 2. The number of aryl methyl sites for hydroxylation is 1. The third-order valence-electron chi connectivity index (χ3n) is 3.39. The van der Waals surface area contributed by atoms with E-state index in [1.54, 1.807) is 41.9 Å². The molecule has 0 spiro atoms. The molecule has 0 amide bonds. The van der Waals surface area contributed by atoms with E-state index in [9.17, 15) is 4.79 Å². The SMILES string of the molecule is CCc1cc2c(NCc3ccc(C(=O)O)cc3)ncnc2s1. The number of benzene rings is 1. The number of aromatic carboxylic acids is 1. The summed E-state index contributed by atoms with van der Waals surface area (Å²) in [5.41, 5.74) is 1.29. The van der Waals surface area contributed by atoms with E-state index in [4.69, 9.17) is 5.11 Å². The van der Waals surface area contributed by atoms with Gasteiger partial charge < -0.3 is 10.4 Å². The molecule has 0 aliphatic heterocycles. The van der Waals surface area contributed by atoms with Gasteiger partial charge in [0.15, 0.2) is 0 Å². The van der Waals surface area contributed by atoms with Crippen LogP contribution in [0.5, 0.6) is 0 Å². The molecule has 2 aromatic heterocycles. The third kappa shape index (κ3) is 2.92. The maximum Gasteiger partial charge on any atom is 0.335 e. The first-order valence-electron chi connectivity index (χ1n) is 6.97. The summed E-state index contributed by atoms with van der Waals surface area (Å²) in [5, 5.41) is 13.2. The van der Waals surface area contributed by atoms with Crippen LogP contribution in [0.25, 0.3) is 10.2 Å². The number of nitrogens with one attached hydrogen (secondary N) is 1. The van der Waals surface area contributed by atoms with E-state index in [0.29, 0.717) is 12.1 Å². The lowest BCUT2D eigenvalue weighted by Gasteiger charge is -2.06. The van der Waals surface area contributed by atoms with Crippen molar-refractivity contribution in [2.24, 2.45) is 0 Å². The van der Waals surface area contributed by atoms with Crippen molar-refractivity contribution in [1.82, 2.24) is 9.97 Å². The molecule has 0 fully saturated rings. The first-order valence-corrected chi connectivity index (χ1v) is 7.78. The third-order valence-corrected chi connectivity index (χ3v) is 4.58. The predicted octanol–water partition coefficient (Wildman–Crippen LogP) is 3.56. The molecule has 0 aliphatic rings. The van der Waals surface area contributed by atoms with Gasteiger partial charge in [0.1, 0.15) is 17.0 Å². The maximum atomic E-state index is 10.8. The van der Waals surface area contributed by atoms with Gasteiger partial charge in [-0.1, -0.05) is 19.1 Å². The minimum atomic E-state index is -0.914. The number of carboxylic acid groups (broad SMARTS) is 1. The molecule has 0 aliphatic carbocycles. The van der Waals surface area contributed by atoms with Gasteiger partial charge in [0.25, 0.3) is 0 Å². The van der Waals surface area contributed by atoms with E-state index in [0.717, 1.165) is 28.0 Å². The summed E-state index contributed by atoms with van der Waals surface area (Å²) in [6.07, 6.45) is 2.55. The lowest BCUT2D eigenvalue weighted by molar-refractivity contribution is 0.0697. The van der Waals surface area contributed by atoms with Crippen LogP contribution < -0.4 is 5.32 Å². The minimum absolute atomic E-state index is 0.290. The number of carboxylic acids is 1. The highest BCUT2D eigenvalue weighted by molar-refractivity contribution is 7.18. The molecule has 2 N–H and O–H groups in total. The average molecular weight is 313 g/mol. The molecule has 3 aromatic rings. The number of hydrogen-bond donors (Lipinski definition) is 2.